The highest BCUT2D eigenvalue weighted by molar-refractivity contribution is 8.03. The van der Waals surface area contributed by atoms with Crippen molar-refractivity contribution in [2.45, 2.75) is 25.3 Å². The number of anilines is 2. The Balaban J connectivity index is 1.28. The Morgan fingerprint density at radius 2 is 1.81 bits per heavy atom. The summed E-state index contributed by atoms with van der Waals surface area (Å²) in [5.74, 6) is 3.13. The van der Waals surface area contributed by atoms with E-state index in [1.807, 2.05) is 30.2 Å². The molecule has 1 aromatic heterocycles. The van der Waals surface area contributed by atoms with Crippen molar-refractivity contribution in [1.82, 2.24) is 9.88 Å². The zero-order chi connectivity index (χ0) is 21.3. The van der Waals surface area contributed by atoms with Gasteiger partial charge in [-0.25, -0.2) is 0 Å². The second-order valence-corrected chi connectivity index (χ2v) is 9.90. The van der Waals surface area contributed by atoms with Crippen LogP contribution in [0.4, 0.5) is 11.4 Å². The van der Waals surface area contributed by atoms with Crippen molar-refractivity contribution in [2.24, 2.45) is 0 Å². The lowest BCUT2D eigenvalue weighted by atomic mass is 9.98. The molecule has 32 heavy (non-hydrogen) atoms. The summed E-state index contributed by atoms with van der Waals surface area (Å²) in [5.41, 5.74) is 4.59. The third-order valence-corrected chi connectivity index (χ3v) is 7.74. The van der Waals surface area contributed by atoms with Crippen molar-refractivity contribution in [3.05, 3.63) is 78.0 Å². The molecule has 1 saturated heterocycles. The van der Waals surface area contributed by atoms with Crippen molar-refractivity contribution in [3.63, 3.8) is 0 Å². The number of allylic oxidation sites excluding steroid dienone is 1. The molecule has 6 rings (SSSR count). The number of piperidine rings is 1. The fraction of sp³-hybridized carbons (Fsp3) is 0.296. The number of aromatic nitrogens is 1. The maximum Gasteiger partial charge on any atom is 0.151 e. The molecule has 3 aliphatic heterocycles. The maximum absolute atomic E-state index is 6.39. The first-order valence-electron chi connectivity index (χ1n) is 11.5. The van der Waals surface area contributed by atoms with E-state index in [1.54, 1.807) is 4.91 Å². The van der Waals surface area contributed by atoms with Crippen molar-refractivity contribution >= 4 is 23.1 Å². The molecule has 2 aromatic carbocycles. The molecule has 4 heterocycles. The smallest absolute Gasteiger partial charge is 0.151 e. The Morgan fingerprint density at radius 1 is 0.938 bits per heavy atom. The summed E-state index contributed by atoms with van der Waals surface area (Å²) in [7, 11) is 0. The number of rotatable bonds is 4. The molecule has 162 valence electrons. The topological polar surface area (TPSA) is 28.6 Å². The molecule has 0 bridgehead atoms. The number of pyridine rings is 1. The van der Waals surface area contributed by atoms with E-state index in [0.29, 0.717) is 6.04 Å². The van der Waals surface area contributed by atoms with E-state index in [1.165, 1.54) is 23.5 Å². The first kappa shape index (κ1) is 19.9. The highest BCUT2D eigenvalue weighted by Gasteiger charge is 2.32. The minimum Gasteiger partial charge on any atom is -0.453 e. The van der Waals surface area contributed by atoms with E-state index >= 15 is 0 Å². The van der Waals surface area contributed by atoms with Crippen LogP contribution in [0.2, 0.25) is 0 Å². The molecule has 0 amide bonds. The van der Waals surface area contributed by atoms with Crippen molar-refractivity contribution in [2.75, 3.05) is 30.3 Å². The van der Waals surface area contributed by atoms with E-state index in [-0.39, 0.29) is 0 Å². The van der Waals surface area contributed by atoms with Crippen LogP contribution in [0.5, 0.6) is 11.5 Å². The van der Waals surface area contributed by atoms with Crippen molar-refractivity contribution in [1.29, 1.82) is 0 Å². The van der Waals surface area contributed by atoms with Gasteiger partial charge in [0, 0.05) is 49.4 Å². The Hall–Kier alpha value is -2.76. The number of fused-ring (bicyclic) bond motifs is 2. The molecule has 0 spiro atoms. The zero-order valence-corrected chi connectivity index (χ0v) is 18.9. The molecule has 1 fully saturated rings. The van der Waals surface area contributed by atoms with Gasteiger partial charge in [0.05, 0.1) is 11.4 Å². The molecule has 0 aliphatic carbocycles. The summed E-state index contributed by atoms with van der Waals surface area (Å²) in [6.07, 6.45) is 9.70. The SMILES string of the molecule is C1=C(CN2CCC(N3c4ccccc4Oc4cc(-c5cccnc5)ccc43)CC2)SCC1. The molecule has 4 nitrogen and oxygen atoms in total. The van der Waals surface area contributed by atoms with Crippen LogP contribution in [0, 0.1) is 0 Å². The van der Waals surface area contributed by atoms with E-state index in [4.69, 9.17) is 4.74 Å². The fourth-order valence-electron chi connectivity index (χ4n) is 5.03. The molecule has 0 N–H and O–H groups in total. The van der Waals surface area contributed by atoms with E-state index < -0.39 is 0 Å². The zero-order valence-electron chi connectivity index (χ0n) is 18.1. The van der Waals surface area contributed by atoms with Gasteiger partial charge in [0.15, 0.2) is 11.5 Å². The number of hydrogen-bond donors (Lipinski definition) is 0. The van der Waals surface area contributed by atoms with Crippen LogP contribution in [0.1, 0.15) is 19.3 Å². The largest absolute Gasteiger partial charge is 0.453 e. The van der Waals surface area contributed by atoms with Gasteiger partial charge in [0.25, 0.3) is 0 Å². The van der Waals surface area contributed by atoms with E-state index in [9.17, 15) is 0 Å². The van der Waals surface area contributed by atoms with Gasteiger partial charge in [-0.3, -0.25) is 9.88 Å². The third kappa shape index (κ3) is 3.80. The fourth-order valence-corrected chi connectivity index (χ4v) is 6.03. The van der Waals surface area contributed by atoms with Crippen LogP contribution >= 0.6 is 11.8 Å². The average Bonchev–Trinajstić information content (AvgIpc) is 3.36. The first-order valence-corrected chi connectivity index (χ1v) is 12.5. The summed E-state index contributed by atoms with van der Waals surface area (Å²) in [5, 5.41) is 0. The number of likely N-dealkylation sites (tertiary alicyclic amines) is 1. The molecule has 0 saturated carbocycles. The van der Waals surface area contributed by atoms with Crippen LogP contribution in [0.15, 0.2) is 78.0 Å². The van der Waals surface area contributed by atoms with Gasteiger partial charge >= 0.3 is 0 Å². The molecule has 0 atom stereocenters. The minimum atomic E-state index is 0.476. The third-order valence-electron chi connectivity index (χ3n) is 6.64. The van der Waals surface area contributed by atoms with Crippen LogP contribution in [0.3, 0.4) is 0 Å². The number of para-hydroxylation sites is 2. The van der Waals surface area contributed by atoms with Gasteiger partial charge < -0.3 is 9.64 Å². The Labute approximate surface area is 193 Å². The number of thioether (sulfide) groups is 1. The van der Waals surface area contributed by atoms with Crippen LogP contribution < -0.4 is 9.64 Å². The lowest BCUT2D eigenvalue weighted by Gasteiger charge is -2.42. The molecule has 0 radical (unpaired) electrons. The summed E-state index contributed by atoms with van der Waals surface area (Å²) >= 11 is 2.03. The Bertz CT molecular complexity index is 1140. The quantitative estimate of drug-likeness (QED) is 0.462. The lowest BCUT2D eigenvalue weighted by molar-refractivity contribution is 0.230. The summed E-state index contributed by atoms with van der Waals surface area (Å²) in [6.45, 7) is 3.42. The van der Waals surface area contributed by atoms with Gasteiger partial charge in [-0.1, -0.05) is 30.3 Å². The molecule has 3 aromatic rings. The molecule has 3 aliphatic rings. The van der Waals surface area contributed by atoms with Gasteiger partial charge in [-0.05, 0) is 60.1 Å². The highest BCUT2D eigenvalue weighted by atomic mass is 32.2. The molecular formula is C27H27N3OS. The summed E-state index contributed by atoms with van der Waals surface area (Å²) < 4.78 is 6.39. The first-order chi connectivity index (χ1) is 15.8. The second-order valence-electron chi connectivity index (χ2n) is 8.68. The number of nitrogens with zero attached hydrogens (tertiary/aromatic N) is 3. The number of hydrogen-bond acceptors (Lipinski definition) is 5. The van der Waals surface area contributed by atoms with E-state index in [2.05, 4.69) is 69.4 Å². The number of benzene rings is 2. The van der Waals surface area contributed by atoms with Gasteiger partial charge in [0.2, 0.25) is 0 Å². The monoisotopic (exact) mass is 441 g/mol. The highest BCUT2D eigenvalue weighted by Crippen LogP contribution is 2.49. The normalized spacial score (nSPS) is 18.6. The number of ether oxygens (including phenoxy) is 1. The van der Waals surface area contributed by atoms with Crippen LogP contribution in [-0.2, 0) is 0 Å². The standard InChI is InChI=1S/C27H27N3OS/c1-2-8-26-24(7-1)30(22-11-14-29(15-12-22)19-23-6-4-16-32-23)25-10-9-20(17-27(25)31-26)21-5-3-13-28-18-21/h1-3,5-10,13,17-18,22H,4,11-12,14-16,19H2. The van der Waals surface area contributed by atoms with Gasteiger partial charge in [-0.2, -0.15) is 0 Å². The van der Waals surface area contributed by atoms with Crippen LogP contribution in [0.25, 0.3) is 11.1 Å². The van der Waals surface area contributed by atoms with Gasteiger partial charge in [-0.15, -0.1) is 11.8 Å². The lowest BCUT2D eigenvalue weighted by Crippen LogP contribution is -2.44. The molecular weight excluding hydrogens is 414 g/mol. The molecule has 0 unspecified atom stereocenters. The predicted molar refractivity (Wildman–Crippen MR) is 133 cm³/mol. The minimum absolute atomic E-state index is 0.476. The average molecular weight is 442 g/mol. The van der Waals surface area contributed by atoms with Crippen molar-refractivity contribution < 1.29 is 4.74 Å². The summed E-state index contributed by atoms with van der Waals surface area (Å²) in [6, 6.07) is 19.6. The van der Waals surface area contributed by atoms with Crippen molar-refractivity contribution in [3.8, 4) is 22.6 Å². The Kier molecular flexibility index (Phi) is 5.37. The van der Waals surface area contributed by atoms with E-state index in [0.717, 1.165) is 55.1 Å². The molecule has 5 heteroatoms. The maximum atomic E-state index is 6.39. The van der Waals surface area contributed by atoms with Crippen LogP contribution in [-0.4, -0.2) is 41.3 Å². The predicted octanol–water partition coefficient (Wildman–Crippen LogP) is 6.48. The summed E-state index contributed by atoms with van der Waals surface area (Å²) in [4.78, 5) is 11.0. The Morgan fingerprint density at radius 3 is 2.62 bits per heavy atom. The second kappa shape index (κ2) is 8.64. The van der Waals surface area contributed by atoms with Gasteiger partial charge in [0.1, 0.15) is 0 Å².